The van der Waals surface area contributed by atoms with Gasteiger partial charge in [0.25, 0.3) is 0 Å². The SMILES string of the molecule is CNc1ccc(OCC2CCCCO2)cc1. The highest BCUT2D eigenvalue weighted by Gasteiger charge is 2.14. The number of hydrogen-bond donors (Lipinski definition) is 1. The van der Waals surface area contributed by atoms with Crippen LogP contribution in [0.25, 0.3) is 0 Å². The molecule has 0 saturated carbocycles. The van der Waals surface area contributed by atoms with Crippen LogP contribution in [0.1, 0.15) is 19.3 Å². The van der Waals surface area contributed by atoms with Crippen molar-refractivity contribution in [1.82, 2.24) is 0 Å². The molecule has 1 aromatic carbocycles. The fraction of sp³-hybridized carbons (Fsp3) is 0.538. The van der Waals surface area contributed by atoms with Crippen LogP contribution in [0.4, 0.5) is 5.69 Å². The molecule has 1 heterocycles. The van der Waals surface area contributed by atoms with Gasteiger partial charge >= 0.3 is 0 Å². The van der Waals surface area contributed by atoms with Crippen molar-refractivity contribution < 1.29 is 9.47 Å². The Bertz CT molecular complexity index is 304. The van der Waals surface area contributed by atoms with Gasteiger partial charge in [-0.3, -0.25) is 0 Å². The van der Waals surface area contributed by atoms with Crippen LogP contribution < -0.4 is 10.1 Å². The lowest BCUT2D eigenvalue weighted by Gasteiger charge is -2.22. The molecule has 1 aliphatic heterocycles. The van der Waals surface area contributed by atoms with E-state index in [4.69, 9.17) is 9.47 Å². The summed E-state index contributed by atoms with van der Waals surface area (Å²) in [5, 5.41) is 3.08. The molecular weight excluding hydrogens is 202 g/mol. The molecule has 0 spiro atoms. The number of rotatable bonds is 4. The lowest BCUT2D eigenvalue weighted by molar-refractivity contribution is -0.0110. The standard InChI is InChI=1S/C13H19NO2/c1-14-11-5-7-12(8-6-11)16-10-13-4-2-3-9-15-13/h5-8,13-14H,2-4,9-10H2,1H3. The van der Waals surface area contributed by atoms with Gasteiger partial charge in [-0.25, -0.2) is 0 Å². The quantitative estimate of drug-likeness (QED) is 0.848. The van der Waals surface area contributed by atoms with Gasteiger partial charge in [-0.2, -0.15) is 0 Å². The van der Waals surface area contributed by atoms with E-state index in [1.54, 1.807) is 0 Å². The first-order valence-electron chi connectivity index (χ1n) is 5.91. The highest BCUT2D eigenvalue weighted by Crippen LogP contribution is 2.18. The van der Waals surface area contributed by atoms with Crippen LogP contribution in [0.15, 0.2) is 24.3 Å². The maximum Gasteiger partial charge on any atom is 0.119 e. The Balaban J connectivity index is 1.79. The zero-order valence-corrected chi connectivity index (χ0v) is 9.74. The second kappa shape index (κ2) is 5.75. The summed E-state index contributed by atoms with van der Waals surface area (Å²) in [4.78, 5) is 0. The summed E-state index contributed by atoms with van der Waals surface area (Å²) in [6, 6.07) is 7.98. The summed E-state index contributed by atoms with van der Waals surface area (Å²) >= 11 is 0. The van der Waals surface area contributed by atoms with Gasteiger partial charge in [0.1, 0.15) is 12.4 Å². The maximum atomic E-state index is 5.69. The molecule has 1 atom stereocenters. The second-order valence-corrected chi connectivity index (χ2v) is 4.07. The van der Waals surface area contributed by atoms with Crippen molar-refractivity contribution in [3.05, 3.63) is 24.3 Å². The molecule has 2 rings (SSSR count). The summed E-state index contributed by atoms with van der Waals surface area (Å²) in [6.07, 6.45) is 3.84. The van der Waals surface area contributed by atoms with Crippen molar-refractivity contribution in [2.75, 3.05) is 25.6 Å². The zero-order valence-electron chi connectivity index (χ0n) is 9.74. The first-order chi connectivity index (χ1) is 7.88. The predicted octanol–water partition coefficient (Wildman–Crippen LogP) is 2.68. The van der Waals surface area contributed by atoms with Crippen molar-refractivity contribution in [2.24, 2.45) is 0 Å². The molecule has 1 aromatic rings. The van der Waals surface area contributed by atoms with Crippen LogP contribution in [-0.2, 0) is 4.74 Å². The molecule has 16 heavy (non-hydrogen) atoms. The number of anilines is 1. The topological polar surface area (TPSA) is 30.5 Å². The molecule has 88 valence electrons. The summed E-state index contributed by atoms with van der Waals surface area (Å²) in [5.41, 5.74) is 1.10. The first kappa shape index (κ1) is 11.3. The van der Waals surface area contributed by atoms with Crippen molar-refractivity contribution in [3.8, 4) is 5.75 Å². The van der Waals surface area contributed by atoms with E-state index in [9.17, 15) is 0 Å². The Morgan fingerprint density at radius 2 is 2.12 bits per heavy atom. The molecule has 0 bridgehead atoms. The predicted molar refractivity (Wildman–Crippen MR) is 65.1 cm³/mol. The molecule has 1 unspecified atom stereocenters. The van der Waals surface area contributed by atoms with Crippen LogP contribution >= 0.6 is 0 Å². The fourth-order valence-electron chi connectivity index (χ4n) is 1.85. The molecule has 1 aliphatic rings. The molecular formula is C13H19NO2. The summed E-state index contributed by atoms with van der Waals surface area (Å²) in [7, 11) is 1.91. The molecule has 0 aromatic heterocycles. The minimum absolute atomic E-state index is 0.276. The average molecular weight is 221 g/mol. The molecule has 3 heteroatoms. The Hall–Kier alpha value is -1.22. The average Bonchev–Trinajstić information content (AvgIpc) is 2.38. The van der Waals surface area contributed by atoms with E-state index in [0.29, 0.717) is 6.61 Å². The lowest BCUT2D eigenvalue weighted by atomic mass is 10.1. The number of benzene rings is 1. The smallest absolute Gasteiger partial charge is 0.119 e. The van der Waals surface area contributed by atoms with Crippen molar-refractivity contribution in [2.45, 2.75) is 25.4 Å². The zero-order chi connectivity index (χ0) is 11.2. The summed E-state index contributed by atoms with van der Waals surface area (Å²) in [6.45, 7) is 1.55. The first-order valence-corrected chi connectivity index (χ1v) is 5.91. The van der Waals surface area contributed by atoms with Crippen molar-refractivity contribution in [3.63, 3.8) is 0 Å². The molecule has 1 saturated heterocycles. The molecule has 0 aliphatic carbocycles. The number of ether oxygens (including phenoxy) is 2. The highest BCUT2D eigenvalue weighted by atomic mass is 16.5. The Morgan fingerprint density at radius 3 is 2.75 bits per heavy atom. The van der Waals surface area contributed by atoms with E-state index in [0.717, 1.165) is 24.5 Å². The van der Waals surface area contributed by atoms with Crippen LogP contribution in [0.3, 0.4) is 0 Å². The number of nitrogens with one attached hydrogen (secondary N) is 1. The molecule has 0 amide bonds. The van der Waals surface area contributed by atoms with Gasteiger partial charge in [0.05, 0.1) is 6.10 Å². The Labute approximate surface area is 96.8 Å². The van der Waals surface area contributed by atoms with Crippen LogP contribution in [0.5, 0.6) is 5.75 Å². The maximum absolute atomic E-state index is 5.69. The largest absolute Gasteiger partial charge is 0.491 e. The molecule has 3 nitrogen and oxygen atoms in total. The van der Waals surface area contributed by atoms with Crippen molar-refractivity contribution in [1.29, 1.82) is 0 Å². The minimum Gasteiger partial charge on any atom is -0.491 e. The monoisotopic (exact) mass is 221 g/mol. The van der Waals surface area contributed by atoms with Gasteiger partial charge in [-0.05, 0) is 43.5 Å². The van der Waals surface area contributed by atoms with Gasteiger partial charge in [0, 0.05) is 19.3 Å². The molecule has 0 radical (unpaired) electrons. The lowest BCUT2D eigenvalue weighted by Crippen LogP contribution is -2.25. The van der Waals surface area contributed by atoms with Crippen LogP contribution in [-0.4, -0.2) is 26.4 Å². The summed E-state index contributed by atoms with van der Waals surface area (Å²) in [5.74, 6) is 0.910. The Morgan fingerprint density at radius 1 is 1.31 bits per heavy atom. The summed E-state index contributed by atoms with van der Waals surface area (Å²) < 4.78 is 11.3. The van der Waals surface area contributed by atoms with Gasteiger partial charge < -0.3 is 14.8 Å². The fourth-order valence-corrected chi connectivity index (χ4v) is 1.85. The third kappa shape index (κ3) is 3.14. The van der Waals surface area contributed by atoms with E-state index in [2.05, 4.69) is 5.32 Å². The Kier molecular flexibility index (Phi) is 4.05. The second-order valence-electron chi connectivity index (χ2n) is 4.07. The van der Waals surface area contributed by atoms with E-state index >= 15 is 0 Å². The van der Waals surface area contributed by atoms with E-state index in [-0.39, 0.29) is 6.10 Å². The molecule has 1 fully saturated rings. The van der Waals surface area contributed by atoms with Gasteiger partial charge in [0.15, 0.2) is 0 Å². The molecule has 1 N–H and O–H groups in total. The van der Waals surface area contributed by atoms with Crippen LogP contribution in [0.2, 0.25) is 0 Å². The van der Waals surface area contributed by atoms with E-state index in [1.165, 1.54) is 12.8 Å². The van der Waals surface area contributed by atoms with Gasteiger partial charge in [-0.1, -0.05) is 0 Å². The third-order valence-corrected chi connectivity index (χ3v) is 2.85. The van der Waals surface area contributed by atoms with Gasteiger partial charge in [-0.15, -0.1) is 0 Å². The normalized spacial score (nSPS) is 20.4. The van der Waals surface area contributed by atoms with Crippen LogP contribution in [0, 0.1) is 0 Å². The van der Waals surface area contributed by atoms with E-state index < -0.39 is 0 Å². The van der Waals surface area contributed by atoms with Crippen molar-refractivity contribution >= 4 is 5.69 Å². The highest BCUT2D eigenvalue weighted by molar-refractivity contribution is 5.45. The number of hydrogen-bond acceptors (Lipinski definition) is 3. The van der Waals surface area contributed by atoms with Gasteiger partial charge in [0.2, 0.25) is 0 Å². The van der Waals surface area contributed by atoms with E-state index in [1.807, 2.05) is 31.3 Å². The third-order valence-electron chi connectivity index (χ3n) is 2.85. The minimum atomic E-state index is 0.276.